The highest BCUT2D eigenvalue weighted by Crippen LogP contribution is 2.26. The van der Waals surface area contributed by atoms with Crippen molar-refractivity contribution in [1.29, 1.82) is 0 Å². The first-order valence-electron chi connectivity index (χ1n) is 10.3. The van der Waals surface area contributed by atoms with Gasteiger partial charge in [0.1, 0.15) is 16.9 Å². The molecule has 3 rings (SSSR count). The van der Waals surface area contributed by atoms with Crippen LogP contribution in [0.3, 0.4) is 0 Å². The fraction of sp³-hybridized carbons (Fsp3) is 0.333. The fourth-order valence-corrected chi connectivity index (χ4v) is 3.48. The van der Waals surface area contributed by atoms with Gasteiger partial charge in [0.15, 0.2) is 17.4 Å². The Bertz CT molecular complexity index is 1130. The zero-order chi connectivity index (χ0) is 24.2. The lowest BCUT2D eigenvalue weighted by Gasteiger charge is -2.36. The molecule has 1 heterocycles. The lowest BCUT2D eigenvalue weighted by atomic mass is 10.00. The first-order valence-corrected chi connectivity index (χ1v) is 10.3. The highest BCUT2D eigenvalue weighted by Gasteiger charge is 2.39. The molecule has 3 aromatic rings. The Kier molecular flexibility index (Phi) is 7.33. The number of hydrogen-bond acceptors (Lipinski definition) is 5. The average molecular weight is 460 g/mol. The molecule has 0 bridgehead atoms. The highest BCUT2D eigenvalue weighted by atomic mass is 19.2. The summed E-state index contributed by atoms with van der Waals surface area (Å²) in [6.07, 6.45) is 0. The van der Waals surface area contributed by atoms with Gasteiger partial charge in [0, 0.05) is 25.6 Å². The number of carbonyl (C=O) groups is 2. The molecule has 0 saturated heterocycles. The third-order valence-corrected chi connectivity index (χ3v) is 5.43. The molecule has 0 aliphatic heterocycles. The highest BCUT2D eigenvalue weighted by molar-refractivity contribution is 5.99. The van der Waals surface area contributed by atoms with Gasteiger partial charge < -0.3 is 24.1 Å². The van der Waals surface area contributed by atoms with Crippen LogP contribution in [-0.4, -0.2) is 49.6 Å². The molecular formula is C24H26F2N2O5. The second-order valence-electron chi connectivity index (χ2n) is 7.88. The number of ether oxygens (including phenoxy) is 2. The van der Waals surface area contributed by atoms with E-state index in [4.69, 9.17) is 13.9 Å². The Labute approximate surface area is 190 Å². The van der Waals surface area contributed by atoms with Crippen molar-refractivity contribution in [3.05, 3.63) is 65.4 Å². The number of amides is 2. The summed E-state index contributed by atoms with van der Waals surface area (Å²) in [5.74, 6) is -3.07. The maximum atomic E-state index is 14.3. The van der Waals surface area contributed by atoms with Crippen LogP contribution in [0.1, 0.15) is 30.0 Å². The van der Waals surface area contributed by atoms with E-state index in [-0.39, 0.29) is 36.8 Å². The molecule has 33 heavy (non-hydrogen) atoms. The van der Waals surface area contributed by atoms with Crippen molar-refractivity contribution in [2.75, 3.05) is 27.4 Å². The summed E-state index contributed by atoms with van der Waals surface area (Å²) in [6, 6.07) is 11.0. The summed E-state index contributed by atoms with van der Waals surface area (Å²) in [6.45, 7) is 3.06. The maximum Gasteiger partial charge on any atom is 0.290 e. The minimum Gasteiger partial charge on any atom is -0.496 e. The van der Waals surface area contributed by atoms with Gasteiger partial charge in [-0.25, -0.2) is 8.78 Å². The zero-order valence-corrected chi connectivity index (χ0v) is 18.9. The molecule has 1 N–H and O–H groups in total. The Morgan fingerprint density at radius 3 is 2.52 bits per heavy atom. The van der Waals surface area contributed by atoms with E-state index in [1.165, 1.54) is 25.2 Å². The summed E-state index contributed by atoms with van der Waals surface area (Å²) in [5, 5.41) is 3.33. The number of nitrogens with zero attached hydrogens (tertiary/aromatic N) is 1. The number of carbonyl (C=O) groups excluding carboxylic acids is 2. The van der Waals surface area contributed by atoms with Crippen molar-refractivity contribution in [2.24, 2.45) is 0 Å². The van der Waals surface area contributed by atoms with Crippen LogP contribution in [0.4, 0.5) is 8.78 Å². The summed E-state index contributed by atoms with van der Waals surface area (Å²) >= 11 is 0. The number of benzene rings is 2. The normalized spacial score (nSPS) is 11.5. The van der Waals surface area contributed by atoms with E-state index in [0.29, 0.717) is 5.58 Å². The largest absolute Gasteiger partial charge is 0.496 e. The van der Waals surface area contributed by atoms with Crippen LogP contribution < -0.4 is 10.1 Å². The van der Waals surface area contributed by atoms with Crippen molar-refractivity contribution < 1.29 is 32.3 Å². The monoisotopic (exact) mass is 460 g/mol. The maximum absolute atomic E-state index is 14.3. The first kappa shape index (κ1) is 24.2. The number of para-hydroxylation sites is 1. The molecule has 9 heteroatoms. The first-order chi connectivity index (χ1) is 15.7. The van der Waals surface area contributed by atoms with Crippen LogP contribution in [0.2, 0.25) is 0 Å². The standard InChI is InChI=1S/C24H26F2N2O5/c1-24(2,23(30)27-14-16-19(32-4)10-9-17(25)21(16)26)28(11-12-31-3)22(29)20-13-15-7-5-6-8-18(15)33-20/h5-10,13H,11-12,14H2,1-4H3,(H,27,30). The average Bonchev–Trinajstić information content (AvgIpc) is 3.24. The predicted octanol–water partition coefficient (Wildman–Crippen LogP) is 3.90. The third-order valence-electron chi connectivity index (χ3n) is 5.43. The number of fused-ring (bicyclic) bond motifs is 1. The number of rotatable bonds is 9. The van der Waals surface area contributed by atoms with Crippen molar-refractivity contribution >= 4 is 22.8 Å². The number of nitrogens with one attached hydrogen (secondary N) is 1. The third kappa shape index (κ3) is 4.98. The topological polar surface area (TPSA) is 81.0 Å². The van der Waals surface area contributed by atoms with E-state index in [1.54, 1.807) is 32.0 Å². The van der Waals surface area contributed by atoms with Gasteiger partial charge in [0.05, 0.1) is 19.3 Å². The molecule has 2 aromatic carbocycles. The lowest BCUT2D eigenvalue weighted by Crippen LogP contribution is -2.57. The van der Waals surface area contributed by atoms with E-state index in [2.05, 4.69) is 5.32 Å². The number of halogens is 2. The van der Waals surface area contributed by atoms with Crippen LogP contribution in [0, 0.1) is 11.6 Å². The number of furan rings is 1. The quantitative estimate of drug-likeness (QED) is 0.524. The van der Waals surface area contributed by atoms with Crippen LogP contribution in [0.5, 0.6) is 5.75 Å². The fourth-order valence-electron chi connectivity index (χ4n) is 3.48. The minimum atomic E-state index is -1.37. The molecule has 0 atom stereocenters. The second kappa shape index (κ2) is 9.99. The Morgan fingerprint density at radius 1 is 1.12 bits per heavy atom. The smallest absolute Gasteiger partial charge is 0.290 e. The summed E-state index contributed by atoms with van der Waals surface area (Å²) < 4.78 is 43.8. The van der Waals surface area contributed by atoms with Crippen molar-refractivity contribution in [3.63, 3.8) is 0 Å². The minimum absolute atomic E-state index is 0.0750. The van der Waals surface area contributed by atoms with Crippen LogP contribution in [0.25, 0.3) is 11.0 Å². The number of hydrogen-bond donors (Lipinski definition) is 1. The molecule has 7 nitrogen and oxygen atoms in total. The van der Waals surface area contributed by atoms with Crippen LogP contribution >= 0.6 is 0 Å². The van der Waals surface area contributed by atoms with Crippen molar-refractivity contribution in [2.45, 2.75) is 25.9 Å². The van der Waals surface area contributed by atoms with Crippen LogP contribution in [-0.2, 0) is 16.1 Å². The van der Waals surface area contributed by atoms with Crippen LogP contribution in [0.15, 0.2) is 46.9 Å². The van der Waals surface area contributed by atoms with E-state index < -0.39 is 29.0 Å². The molecule has 0 aliphatic rings. The molecule has 2 amide bonds. The van der Waals surface area contributed by atoms with Crippen molar-refractivity contribution in [1.82, 2.24) is 10.2 Å². The molecule has 0 fully saturated rings. The van der Waals surface area contributed by atoms with Gasteiger partial charge in [-0.1, -0.05) is 18.2 Å². The Balaban J connectivity index is 1.85. The molecule has 176 valence electrons. The molecule has 0 spiro atoms. The SMILES string of the molecule is COCCN(C(=O)c1cc2ccccc2o1)C(C)(C)C(=O)NCc1c(OC)ccc(F)c1F. The summed E-state index contributed by atoms with van der Waals surface area (Å²) in [5.41, 5.74) is -0.955. The molecule has 0 aliphatic carbocycles. The molecule has 0 radical (unpaired) electrons. The number of methoxy groups -OCH3 is 2. The summed E-state index contributed by atoms with van der Waals surface area (Å²) in [7, 11) is 2.80. The van der Waals surface area contributed by atoms with Gasteiger partial charge in [0.25, 0.3) is 5.91 Å². The predicted molar refractivity (Wildman–Crippen MR) is 118 cm³/mol. The Hall–Kier alpha value is -3.46. The van der Waals surface area contributed by atoms with Gasteiger partial charge in [0.2, 0.25) is 5.91 Å². The van der Waals surface area contributed by atoms with Gasteiger partial charge >= 0.3 is 0 Å². The van der Waals surface area contributed by atoms with E-state index in [9.17, 15) is 18.4 Å². The molecule has 0 unspecified atom stereocenters. The van der Waals surface area contributed by atoms with Gasteiger partial charge in [-0.2, -0.15) is 0 Å². The van der Waals surface area contributed by atoms with Gasteiger partial charge in [-0.15, -0.1) is 0 Å². The second-order valence-corrected chi connectivity index (χ2v) is 7.88. The molecule has 1 aromatic heterocycles. The van der Waals surface area contributed by atoms with Gasteiger partial charge in [-0.05, 0) is 38.1 Å². The zero-order valence-electron chi connectivity index (χ0n) is 18.9. The Morgan fingerprint density at radius 2 is 1.85 bits per heavy atom. The lowest BCUT2D eigenvalue weighted by molar-refractivity contribution is -0.130. The van der Waals surface area contributed by atoms with E-state index in [0.717, 1.165) is 11.5 Å². The summed E-state index contributed by atoms with van der Waals surface area (Å²) in [4.78, 5) is 27.7. The molecular weight excluding hydrogens is 434 g/mol. The van der Waals surface area contributed by atoms with E-state index >= 15 is 0 Å². The van der Waals surface area contributed by atoms with Crippen molar-refractivity contribution in [3.8, 4) is 5.75 Å². The van der Waals surface area contributed by atoms with Gasteiger partial charge in [-0.3, -0.25) is 9.59 Å². The molecule has 0 saturated carbocycles. The van der Waals surface area contributed by atoms with E-state index in [1.807, 2.05) is 12.1 Å².